The Balaban J connectivity index is 1.86. The van der Waals surface area contributed by atoms with Gasteiger partial charge >= 0.3 is 0 Å². The zero-order valence-corrected chi connectivity index (χ0v) is 13.1. The predicted octanol–water partition coefficient (Wildman–Crippen LogP) is 4.34. The molecule has 0 N–H and O–H groups in total. The molecule has 3 aromatic carbocycles. The van der Waals surface area contributed by atoms with E-state index in [9.17, 15) is 4.79 Å². The number of fused-ring (bicyclic) bond motifs is 3. The molecule has 0 saturated carbocycles. The van der Waals surface area contributed by atoms with E-state index in [1.807, 2.05) is 42.5 Å². The number of hydrogen-bond acceptors (Lipinski definition) is 1. The van der Waals surface area contributed by atoms with E-state index in [1.165, 1.54) is 22.3 Å². The monoisotopic (exact) mass is 315 g/mol. The lowest BCUT2D eigenvalue weighted by atomic mass is 10.1. The van der Waals surface area contributed by atoms with Crippen molar-refractivity contribution in [1.29, 1.82) is 0 Å². The Hall–Kier alpha value is -2.78. The van der Waals surface area contributed by atoms with Crippen molar-refractivity contribution >= 4 is 21.9 Å². The maximum atomic E-state index is 12.2. The summed E-state index contributed by atoms with van der Waals surface area (Å²) in [6.45, 7) is 0. The molecule has 3 aromatic rings. The molecular formula is C20H13NOS. The smallest absolute Gasteiger partial charge is 0.266 e. The minimum absolute atomic E-state index is 0.204. The van der Waals surface area contributed by atoms with E-state index in [-0.39, 0.29) is 5.91 Å². The highest BCUT2D eigenvalue weighted by Gasteiger charge is 2.22. The Labute approximate surface area is 138 Å². The van der Waals surface area contributed by atoms with Crippen LogP contribution in [0.5, 0.6) is 0 Å². The number of hydrogen-bond donors (Lipinski definition) is 0. The number of rotatable bonds is 1. The molecule has 0 bridgehead atoms. The third-order valence-electron chi connectivity index (χ3n) is 3.87. The topological polar surface area (TPSA) is 29.4 Å². The Bertz CT molecular complexity index is 922. The average molecular weight is 315 g/mol. The van der Waals surface area contributed by atoms with Crippen LogP contribution in [0.3, 0.4) is 0 Å². The van der Waals surface area contributed by atoms with Crippen molar-refractivity contribution in [2.75, 3.05) is 0 Å². The molecule has 0 heterocycles. The van der Waals surface area contributed by atoms with Gasteiger partial charge in [-0.3, -0.25) is 4.79 Å². The highest BCUT2D eigenvalue weighted by atomic mass is 32.1. The largest absolute Gasteiger partial charge is 0.287 e. The second-order valence-electron chi connectivity index (χ2n) is 5.27. The number of benzene rings is 3. The van der Waals surface area contributed by atoms with Gasteiger partial charge < -0.3 is 0 Å². The Morgan fingerprint density at radius 3 is 1.70 bits per heavy atom. The van der Waals surface area contributed by atoms with Crippen LogP contribution in [0.15, 0.2) is 83.2 Å². The fraction of sp³-hybridized carbons (Fsp3) is 0. The van der Waals surface area contributed by atoms with E-state index < -0.39 is 0 Å². The molecule has 1 aliphatic carbocycles. The lowest BCUT2D eigenvalue weighted by Gasteiger charge is -1.97. The van der Waals surface area contributed by atoms with Crippen molar-refractivity contribution in [3.05, 3.63) is 95.6 Å². The van der Waals surface area contributed by atoms with Crippen LogP contribution in [0.4, 0.5) is 0 Å². The van der Waals surface area contributed by atoms with Gasteiger partial charge in [0, 0.05) is 16.7 Å². The molecule has 0 fully saturated rings. The van der Waals surface area contributed by atoms with Crippen molar-refractivity contribution in [3.63, 3.8) is 0 Å². The second-order valence-corrected chi connectivity index (χ2v) is 6.05. The van der Waals surface area contributed by atoms with E-state index in [0.717, 1.165) is 16.0 Å². The van der Waals surface area contributed by atoms with Crippen LogP contribution in [-0.2, 0) is 11.1 Å². The number of carbonyl (C=O) groups excluding carboxylic acids is 1. The van der Waals surface area contributed by atoms with Crippen LogP contribution in [0.1, 0.15) is 21.5 Å². The summed E-state index contributed by atoms with van der Waals surface area (Å²) < 4.78 is 4.21. The Morgan fingerprint density at radius 1 is 0.652 bits per heavy atom. The van der Waals surface area contributed by atoms with Crippen molar-refractivity contribution in [2.24, 2.45) is 4.36 Å². The van der Waals surface area contributed by atoms with Gasteiger partial charge in [-0.25, -0.2) is 0 Å². The van der Waals surface area contributed by atoms with Gasteiger partial charge in [-0.05, 0) is 34.4 Å². The summed E-state index contributed by atoms with van der Waals surface area (Å²) in [5, 5.41) is 0. The highest BCUT2D eigenvalue weighted by molar-refractivity contribution is 7.70. The fourth-order valence-electron chi connectivity index (χ4n) is 2.80. The molecule has 0 aliphatic heterocycles. The van der Waals surface area contributed by atoms with Gasteiger partial charge in [-0.15, -0.1) is 0 Å². The lowest BCUT2D eigenvalue weighted by Crippen LogP contribution is -1.98. The van der Waals surface area contributed by atoms with E-state index in [2.05, 4.69) is 28.6 Å². The third-order valence-corrected chi connectivity index (χ3v) is 4.75. The summed E-state index contributed by atoms with van der Waals surface area (Å²) in [5.74, 6) is -0.204. The first-order valence-electron chi connectivity index (χ1n) is 7.38. The first-order valence-corrected chi connectivity index (χ1v) is 8.15. The molecule has 1 aliphatic rings. The normalized spacial score (nSPS) is 11.6. The molecule has 2 nitrogen and oxygen atoms in total. The molecule has 23 heavy (non-hydrogen) atoms. The van der Waals surface area contributed by atoms with Crippen molar-refractivity contribution < 1.29 is 4.79 Å². The summed E-state index contributed by atoms with van der Waals surface area (Å²) in [5.41, 5.74) is 5.30. The molecule has 110 valence electrons. The summed E-state index contributed by atoms with van der Waals surface area (Å²) in [7, 11) is 0. The average Bonchev–Trinajstić information content (AvgIpc) is 2.94. The van der Waals surface area contributed by atoms with Crippen LogP contribution in [0.2, 0.25) is 0 Å². The Kier molecular flexibility index (Phi) is 3.48. The molecule has 0 atom stereocenters. The van der Waals surface area contributed by atoms with Crippen LogP contribution in [0, 0.1) is 0 Å². The highest BCUT2D eigenvalue weighted by Crippen LogP contribution is 2.35. The van der Waals surface area contributed by atoms with E-state index >= 15 is 0 Å². The first-order chi connectivity index (χ1) is 11.3. The number of amides is 1. The number of carbonyl (C=O) groups is 1. The lowest BCUT2D eigenvalue weighted by molar-refractivity contribution is 0.101. The van der Waals surface area contributed by atoms with Gasteiger partial charge in [-0.1, -0.05) is 66.7 Å². The first kappa shape index (κ1) is 13.9. The van der Waals surface area contributed by atoms with Gasteiger partial charge in [0.15, 0.2) is 0 Å². The van der Waals surface area contributed by atoms with E-state index in [1.54, 1.807) is 12.1 Å². The molecular weight excluding hydrogens is 302 g/mol. The molecule has 0 aromatic heterocycles. The Morgan fingerprint density at radius 2 is 1.13 bits per heavy atom. The number of nitrogens with zero attached hydrogens (tertiary/aromatic N) is 1. The second kappa shape index (κ2) is 5.78. The van der Waals surface area contributed by atoms with Crippen molar-refractivity contribution in [3.8, 4) is 11.1 Å². The van der Waals surface area contributed by atoms with Crippen LogP contribution in [0.25, 0.3) is 11.1 Å². The van der Waals surface area contributed by atoms with E-state index in [4.69, 9.17) is 0 Å². The maximum Gasteiger partial charge on any atom is 0.287 e. The molecule has 1 amide bonds. The van der Waals surface area contributed by atoms with Gasteiger partial charge in [0.25, 0.3) is 5.91 Å². The maximum absolute atomic E-state index is 12.2. The van der Waals surface area contributed by atoms with Crippen LogP contribution >= 0.6 is 0 Å². The van der Waals surface area contributed by atoms with Gasteiger partial charge in [0.05, 0.1) is 4.86 Å². The fourth-order valence-corrected chi connectivity index (χ4v) is 3.63. The third kappa shape index (κ3) is 2.45. The van der Waals surface area contributed by atoms with Gasteiger partial charge in [-0.2, -0.15) is 4.36 Å². The quantitative estimate of drug-likeness (QED) is 0.480. The molecule has 0 spiro atoms. The molecule has 0 unspecified atom stereocenters. The predicted molar refractivity (Wildman–Crippen MR) is 95.7 cm³/mol. The molecule has 0 saturated heterocycles. The zero-order valence-electron chi connectivity index (χ0n) is 12.3. The molecule has 4 rings (SSSR count). The standard InChI is InChI=1S/C20H13NOS/c22-20(14-8-2-1-3-9-14)21-23-19-17-12-6-4-10-15(17)16-11-5-7-13-18(16)19/h1-13H. The van der Waals surface area contributed by atoms with E-state index in [0.29, 0.717) is 5.56 Å². The summed E-state index contributed by atoms with van der Waals surface area (Å²) in [6.07, 6.45) is 0. The minimum atomic E-state index is -0.204. The summed E-state index contributed by atoms with van der Waals surface area (Å²) in [6, 6.07) is 25.7. The van der Waals surface area contributed by atoms with Crippen molar-refractivity contribution in [2.45, 2.75) is 0 Å². The SMILES string of the molecule is O=C(N=S=C1c2ccccc2-c2ccccc21)c1ccccc1. The van der Waals surface area contributed by atoms with Gasteiger partial charge in [0.1, 0.15) is 0 Å². The van der Waals surface area contributed by atoms with Gasteiger partial charge in [0.2, 0.25) is 0 Å². The minimum Gasteiger partial charge on any atom is -0.266 e. The van der Waals surface area contributed by atoms with Crippen LogP contribution in [-0.4, -0.2) is 10.8 Å². The zero-order chi connectivity index (χ0) is 15.6. The summed E-state index contributed by atoms with van der Waals surface area (Å²) in [4.78, 5) is 13.3. The summed E-state index contributed by atoms with van der Waals surface area (Å²) >= 11 is 1.26. The van der Waals surface area contributed by atoms with Crippen molar-refractivity contribution in [1.82, 2.24) is 0 Å². The molecule has 3 heteroatoms. The van der Waals surface area contributed by atoms with Crippen LogP contribution < -0.4 is 0 Å². The molecule has 0 radical (unpaired) electrons.